The number of likely N-dealkylation sites (tertiary alicyclic amines) is 1. The summed E-state index contributed by atoms with van der Waals surface area (Å²) >= 11 is 5.81. The molecular weight excluding hydrogens is 571 g/mol. The Morgan fingerprint density at radius 1 is 1.45 bits per heavy atom. The van der Waals surface area contributed by atoms with Crippen LogP contribution in [0.1, 0.15) is 19.3 Å². The third-order valence-electron chi connectivity index (χ3n) is 6.41. The van der Waals surface area contributed by atoms with Crippen molar-refractivity contribution in [1.82, 2.24) is 10.2 Å². The molecule has 0 aromatic heterocycles. The first-order valence-corrected chi connectivity index (χ1v) is 13.2. The molecule has 2 aliphatic heterocycles. The van der Waals surface area contributed by atoms with E-state index in [0.717, 1.165) is 36.2 Å². The molecule has 0 aromatic rings. The van der Waals surface area contributed by atoms with E-state index in [1.165, 1.54) is 6.42 Å². The van der Waals surface area contributed by atoms with Crippen LogP contribution in [0.4, 0.5) is 0 Å². The zero-order valence-electron chi connectivity index (χ0n) is 17.8. The first kappa shape index (κ1) is 24.7. The van der Waals surface area contributed by atoms with Crippen molar-refractivity contribution in [2.75, 3.05) is 37.2 Å². The zero-order chi connectivity index (χ0) is 22.4. The SMILES string of the molecule is C=C(N)/C(Br)=C\C(C(=O)NCC1C2CN(CC(CCO)CCI)CC12)=C1/CC=CC=N1. The van der Waals surface area contributed by atoms with Crippen molar-refractivity contribution in [3.05, 3.63) is 46.3 Å². The van der Waals surface area contributed by atoms with Crippen molar-refractivity contribution in [2.45, 2.75) is 19.3 Å². The summed E-state index contributed by atoms with van der Waals surface area (Å²) < 4.78 is 1.73. The topological polar surface area (TPSA) is 91.0 Å². The number of nitrogens with one attached hydrogen (secondary N) is 1. The van der Waals surface area contributed by atoms with Crippen molar-refractivity contribution >= 4 is 50.6 Å². The molecule has 3 aliphatic rings. The molecule has 0 radical (unpaired) electrons. The van der Waals surface area contributed by atoms with Gasteiger partial charge >= 0.3 is 0 Å². The third kappa shape index (κ3) is 6.76. The minimum atomic E-state index is -0.118. The predicted molar refractivity (Wildman–Crippen MR) is 138 cm³/mol. The summed E-state index contributed by atoms with van der Waals surface area (Å²) in [5.41, 5.74) is 7.39. The molecule has 0 aromatic carbocycles. The van der Waals surface area contributed by atoms with Crippen LogP contribution in [0.25, 0.3) is 0 Å². The van der Waals surface area contributed by atoms with Gasteiger partial charge in [0.2, 0.25) is 0 Å². The maximum atomic E-state index is 13.0. The number of aliphatic imine (C=N–C) groups is 1. The summed E-state index contributed by atoms with van der Waals surface area (Å²) in [7, 11) is 0. The Morgan fingerprint density at radius 2 is 2.19 bits per heavy atom. The second-order valence-electron chi connectivity index (χ2n) is 8.56. The number of carbonyl (C=O) groups is 1. The lowest BCUT2D eigenvalue weighted by atomic mass is 10.0. The second kappa shape index (κ2) is 11.8. The van der Waals surface area contributed by atoms with E-state index in [2.05, 4.69) is 60.3 Å². The van der Waals surface area contributed by atoms with E-state index in [4.69, 9.17) is 5.73 Å². The average Bonchev–Trinajstić information content (AvgIpc) is 3.21. The molecule has 6 nitrogen and oxygen atoms in total. The van der Waals surface area contributed by atoms with Crippen LogP contribution in [0.15, 0.2) is 51.2 Å². The maximum Gasteiger partial charge on any atom is 0.253 e. The third-order valence-corrected chi connectivity index (χ3v) is 7.77. The summed E-state index contributed by atoms with van der Waals surface area (Å²) in [4.78, 5) is 19.9. The Balaban J connectivity index is 1.52. The van der Waals surface area contributed by atoms with Crippen molar-refractivity contribution in [1.29, 1.82) is 0 Å². The number of halogens is 2. The highest BCUT2D eigenvalue weighted by atomic mass is 127. The highest BCUT2D eigenvalue weighted by Crippen LogP contribution is 2.51. The van der Waals surface area contributed by atoms with Gasteiger partial charge in [-0.2, -0.15) is 0 Å². The summed E-state index contributed by atoms with van der Waals surface area (Å²) in [6, 6.07) is 0. The number of hydrogen-bond donors (Lipinski definition) is 3. The van der Waals surface area contributed by atoms with E-state index in [9.17, 15) is 9.90 Å². The molecule has 3 rings (SSSR count). The lowest BCUT2D eigenvalue weighted by Crippen LogP contribution is -2.34. The van der Waals surface area contributed by atoms with Crippen LogP contribution in [0, 0.1) is 23.7 Å². The second-order valence-corrected chi connectivity index (χ2v) is 10.5. The number of aliphatic hydroxyl groups excluding tert-OH is 1. The minimum Gasteiger partial charge on any atom is -0.398 e. The van der Waals surface area contributed by atoms with Crippen LogP contribution in [-0.2, 0) is 4.79 Å². The zero-order valence-corrected chi connectivity index (χ0v) is 21.5. The molecule has 0 spiro atoms. The average molecular weight is 603 g/mol. The van der Waals surface area contributed by atoms with Gasteiger partial charge in [-0.3, -0.25) is 9.79 Å². The first-order valence-electron chi connectivity index (χ1n) is 10.9. The summed E-state index contributed by atoms with van der Waals surface area (Å²) in [6.45, 7) is 7.99. The Labute approximate surface area is 207 Å². The van der Waals surface area contributed by atoms with E-state index in [1.54, 1.807) is 12.3 Å². The largest absolute Gasteiger partial charge is 0.398 e. The standard InChI is InChI=1S/C23H32BrIN4O2/c1-15(26)21(24)10-17(22-4-2-3-8-27-22)23(31)28-11-18-19-13-29(14-20(18)19)12-16(5-7-25)6-9-30/h2-3,8,10,16,18-20,30H,1,4-7,9,11-14,26H2,(H,28,31)/b21-10+,22-17-. The Kier molecular flexibility index (Phi) is 9.36. The number of fused-ring (bicyclic) bond motifs is 1. The number of rotatable bonds is 11. The summed E-state index contributed by atoms with van der Waals surface area (Å²) in [5.74, 6) is 2.37. The van der Waals surface area contributed by atoms with Crippen molar-refractivity contribution < 1.29 is 9.90 Å². The van der Waals surface area contributed by atoms with Crippen LogP contribution in [0.2, 0.25) is 0 Å². The summed E-state index contributed by atoms with van der Waals surface area (Å²) in [5, 5.41) is 12.4. The molecule has 2 heterocycles. The van der Waals surface area contributed by atoms with E-state index in [1.807, 2.05) is 12.2 Å². The van der Waals surface area contributed by atoms with Gasteiger partial charge in [-0.25, -0.2) is 0 Å². The number of nitrogens with two attached hydrogens (primary N) is 1. The van der Waals surface area contributed by atoms with Gasteiger partial charge in [0.15, 0.2) is 0 Å². The molecular formula is C23H32BrIN4O2. The lowest BCUT2D eigenvalue weighted by molar-refractivity contribution is -0.117. The van der Waals surface area contributed by atoms with Crippen LogP contribution < -0.4 is 11.1 Å². The van der Waals surface area contributed by atoms with Crippen LogP contribution >= 0.6 is 38.5 Å². The van der Waals surface area contributed by atoms with Gasteiger partial charge in [0.25, 0.3) is 5.91 Å². The van der Waals surface area contributed by atoms with Crippen LogP contribution in [-0.4, -0.2) is 59.3 Å². The maximum absolute atomic E-state index is 13.0. The smallest absolute Gasteiger partial charge is 0.253 e. The van der Waals surface area contributed by atoms with E-state index in [0.29, 0.717) is 52.4 Å². The van der Waals surface area contributed by atoms with Crippen molar-refractivity contribution in [2.24, 2.45) is 34.4 Å². The number of allylic oxidation sites excluding steroid dienone is 3. The molecule has 8 heteroatoms. The van der Waals surface area contributed by atoms with Crippen molar-refractivity contribution in [3.63, 3.8) is 0 Å². The van der Waals surface area contributed by atoms with Gasteiger partial charge < -0.3 is 21.1 Å². The van der Waals surface area contributed by atoms with Gasteiger partial charge in [-0.15, -0.1) is 0 Å². The molecule has 1 amide bonds. The quantitative estimate of drug-likeness (QED) is 0.147. The highest BCUT2D eigenvalue weighted by molar-refractivity contribution is 14.1. The molecule has 3 atom stereocenters. The Morgan fingerprint density at radius 3 is 2.77 bits per heavy atom. The number of nitrogens with zero attached hydrogens (tertiary/aromatic N) is 2. The number of carbonyl (C=O) groups excluding carboxylic acids is 1. The monoisotopic (exact) mass is 602 g/mol. The molecule has 170 valence electrons. The molecule has 0 bridgehead atoms. The summed E-state index contributed by atoms with van der Waals surface area (Å²) in [6.07, 6.45) is 9.95. The minimum absolute atomic E-state index is 0.118. The molecule has 1 saturated heterocycles. The van der Waals surface area contributed by atoms with Crippen LogP contribution in [0.3, 0.4) is 0 Å². The van der Waals surface area contributed by atoms with Gasteiger partial charge in [-0.1, -0.05) is 35.2 Å². The number of hydrogen-bond acceptors (Lipinski definition) is 5. The van der Waals surface area contributed by atoms with E-state index < -0.39 is 0 Å². The number of piperidine rings is 1. The Bertz CT molecular complexity index is 789. The molecule has 1 aliphatic carbocycles. The fraction of sp³-hybridized carbons (Fsp3) is 0.565. The highest BCUT2D eigenvalue weighted by Gasteiger charge is 2.55. The number of dihydropyridines is 1. The first-order chi connectivity index (χ1) is 14.9. The normalized spacial score (nSPS) is 27.7. The number of alkyl halides is 1. The lowest BCUT2D eigenvalue weighted by Gasteiger charge is -2.25. The molecule has 4 N–H and O–H groups in total. The molecule has 2 fully saturated rings. The van der Waals surface area contributed by atoms with E-state index in [-0.39, 0.29) is 12.5 Å². The molecule has 1 saturated carbocycles. The van der Waals surface area contributed by atoms with Gasteiger partial charge in [-0.05, 0) is 69.0 Å². The van der Waals surface area contributed by atoms with Crippen LogP contribution in [0.5, 0.6) is 0 Å². The van der Waals surface area contributed by atoms with Crippen molar-refractivity contribution in [3.8, 4) is 0 Å². The van der Waals surface area contributed by atoms with E-state index >= 15 is 0 Å². The number of amides is 1. The van der Waals surface area contributed by atoms with Gasteiger partial charge in [0.05, 0.1) is 11.3 Å². The molecule has 3 unspecified atom stereocenters. The fourth-order valence-electron chi connectivity index (χ4n) is 4.63. The predicted octanol–water partition coefficient (Wildman–Crippen LogP) is 3.14. The van der Waals surface area contributed by atoms with Gasteiger partial charge in [0, 0.05) is 55.6 Å². The number of aliphatic hydroxyl groups is 1. The molecule has 31 heavy (non-hydrogen) atoms. The fourth-order valence-corrected chi connectivity index (χ4v) is 5.74. The Hall–Kier alpha value is -0.970. The van der Waals surface area contributed by atoms with Gasteiger partial charge in [0.1, 0.15) is 0 Å².